The van der Waals surface area contributed by atoms with Gasteiger partial charge in [-0.1, -0.05) is 48.0 Å². The van der Waals surface area contributed by atoms with E-state index in [1.54, 1.807) is 6.92 Å². The van der Waals surface area contributed by atoms with Crippen molar-refractivity contribution < 1.29 is 9.53 Å². The van der Waals surface area contributed by atoms with E-state index >= 15 is 0 Å². The average Bonchev–Trinajstić information content (AvgIpc) is 3.07. The molecule has 160 valence electrons. The number of para-hydroxylation sites is 1. The number of halogens is 1. The summed E-state index contributed by atoms with van der Waals surface area (Å²) in [6.45, 7) is 11.0. The second kappa shape index (κ2) is 9.92. The molecule has 0 saturated carbocycles. The van der Waals surface area contributed by atoms with Crippen molar-refractivity contribution in [1.82, 2.24) is 15.1 Å². The zero-order valence-corrected chi connectivity index (χ0v) is 19.0. The minimum Gasteiger partial charge on any atom is -0.461 e. The molecule has 0 unspecified atom stereocenters. The van der Waals surface area contributed by atoms with Gasteiger partial charge in [-0.3, -0.25) is 0 Å². The van der Waals surface area contributed by atoms with E-state index in [0.29, 0.717) is 18.8 Å². The number of rotatable bonds is 6. The van der Waals surface area contributed by atoms with Gasteiger partial charge in [-0.05, 0) is 46.8 Å². The van der Waals surface area contributed by atoms with Crippen molar-refractivity contribution in [2.45, 2.75) is 46.7 Å². The second-order valence-electron chi connectivity index (χ2n) is 8.11. The largest absolute Gasteiger partial charge is 0.461 e. The lowest BCUT2D eigenvalue weighted by molar-refractivity contribution is 0.0517. The maximum Gasteiger partial charge on any atom is 0.359 e. The Kier molecular flexibility index (Phi) is 7.82. The number of aromatic nitrogens is 2. The van der Waals surface area contributed by atoms with Gasteiger partial charge in [-0.15, -0.1) is 12.4 Å². The highest BCUT2D eigenvalue weighted by Gasteiger charge is 2.26. The van der Waals surface area contributed by atoms with Crippen LogP contribution in [0.3, 0.4) is 0 Å². The fraction of sp³-hybridized carbons (Fsp3) is 0.333. The monoisotopic (exact) mass is 427 g/mol. The van der Waals surface area contributed by atoms with E-state index in [1.807, 2.05) is 35.0 Å². The Morgan fingerprint density at radius 1 is 1.07 bits per heavy atom. The number of carbonyl (C=O) groups excluding carboxylic acids is 1. The van der Waals surface area contributed by atoms with Crippen LogP contribution in [0.5, 0.6) is 0 Å². The Morgan fingerprint density at radius 3 is 2.27 bits per heavy atom. The second-order valence-corrected chi connectivity index (χ2v) is 8.11. The zero-order chi connectivity index (χ0) is 21.0. The SMILES string of the molecule is CCOC(=O)c1nn(-c2ccccc2)c(-c2ccc(C)cc2)c1CNC(C)(C)C.Cl. The van der Waals surface area contributed by atoms with Gasteiger partial charge in [-0.25, -0.2) is 9.48 Å². The van der Waals surface area contributed by atoms with Crippen LogP contribution >= 0.6 is 12.4 Å². The van der Waals surface area contributed by atoms with Crippen LogP contribution < -0.4 is 5.32 Å². The summed E-state index contributed by atoms with van der Waals surface area (Å²) in [6.07, 6.45) is 0. The van der Waals surface area contributed by atoms with Crippen molar-refractivity contribution in [3.63, 3.8) is 0 Å². The number of nitrogens with zero attached hydrogens (tertiary/aromatic N) is 2. The molecule has 30 heavy (non-hydrogen) atoms. The van der Waals surface area contributed by atoms with Crippen molar-refractivity contribution >= 4 is 18.4 Å². The van der Waals surface area contributed by atoms with Gasteiger partial charge in [0.05, 0.1) is 18.0 Å². The molecule has 0 atom stereocenters. The van der Waals surface area contributed by atoms with Crippen LogP contribution in [0.25, 0.3) is 16.9 Å². The Morgan fingerprint density at radius 2 is 1.70 bits per heavy atom. The van der Waals surface area contributed by atoms with Crippen LogP contribution in [0, 0.1) is 6.92 Å². The summed E-state index contributed by atoms with van der Waals surface area (Å²) in [7, 11) is 0. The van der Waals surface area contributed by atoms with Crippen molar-refractivity contribution in [3.8, 4) is 16.9 Å². The maximum absolute atomic E-state index is 12.7. The summed E-state index contributed by atoms with van der Waals surface area (Å²) in [6, 6.07) is 18.2. The molecule has 0 saturated heterocycles. The van der Waals surface area contributed by atoms with Crippen LogP contribution in [-0.4, -0.2) is 27.9 Å². The lowest BCUT2D eigenvalue weighted by Gasteiger charge is -2.21. The molecule has 2 aromatic carbocycles. The fourth-order valence-electron chi connectivity index (χ4n) is 3.10. The van der Waals surface area contributed by atoms with Gasteiger partial charge in [0.25, 0.3) is 0 Å². The van der Waals surface area contributed by atoms with Crippen molar-refractivity contribution in [2.24, 2.45) is 0 Å². The molecule has 0 aliphatic carbocycles. The minimum absolute atomic E-state index is 0. The molecule has 0 aliphatic rings. The van der Waals surface area contributed by atoms with Gasteiger partial charge in [0, 0.05) is 23.2 Å². The molecule has 1 heterocycles. The van der Waals surface area contributed by atoms with Crippen molar-refractivity contribution in [1.29, 1.82) is 0 Å². The number of hydrogen-bond donors (Lipinski definition) is 1. The average molecular weight is 428 g/mol. The highest BCUT2D eigenvalue weighted by molar-refractivity contribution is 5.91. The third-order valence-corrected chi connectivity index (χ3v) is 4.57. The fourth-order valence-corrected chi connectivity index (χ4v) is 3.10. The van der Waals surface area contributed by atoms with Crippen LogP contribution in [0.4, 0.5) is 0 Å². The molecule has 0 aliphatic heterocycles. The van der Waals surface area contributed by atoms with E-state index in [1.165, 1.54) is 5.56 Å². The Labute approximate surface area is 184 Å². The number of esters is 1. The quantitative estimate of drug-likeness (QED) is 0.540. The molecule has 0 amide bonds. The summed E-state index contributed by atoms with van der Waals surface area (Å²) in [5.41, 5.74) is 5.07. The van der Waals surface area contributed by atoms with Crippen LogP contribution in [0.2, 0.25) is 0 Å². The van der Waals surface area contributed by atoms with E-state index in [2.05, 4.69) is 57.3 Å². The standard InChI is InChI=1S/C24H29N3O2.ClH/c1-6-29-23(28)21-20(16-25-24(3,4)5)22(18-14-12-17(2)13-15-18)27(26-21)19-10-8-7-9-11-19;/h7-15,25H,6,16H2,1-5H3;1H. The van der Waals surface area contributed by atoms with E-state index in [9.17, 15) is 4.79 Å². The molecular weight excluding hydrogens is 398 g/mol. The molecular formula is C24H30ClN3O2. The molecule has 1 N–H and O–H groups in total. The highest BCUT2D eigenvalue weighted by atomic mass is 35.5. The summed E-state index contributed by atoms with van der Waals surface area (Å²) in [5, 5.41) is 8.20. The van der Waals surface area contributed by atoms with Gasteiger partial charge in [0.1, 0.15) is 0 Å². The maximum atomic E-state index is 12.7. The number of hydrogen-bond acceptors (Lipinski definition) is 4. The third-order valence-electron chi connectivity index (χ3n) is 4.57. The Balaban J connectivity index is 0.00000320. The lowest BCUT2D eigenvalue weighted by atomic mass is 10.0. The number of aryl methyl sites for hydroxylation is 1. The van der Waals surface area contributed by atoms with Crippen LogP contribution in [0.15, 0.2) is 54.6 Å². The lowest BCUT2D eigenvalue weighted by Crippen LogP contribution is -2.35. The summed E-state index contributed by atoms with van der Waals surface area (Å²) in [4.78, 5) is 12.7. The van der Waals surface area contributed by atoms with E-state index in [4.69, 9.17) is 9.84 Å². The topological polar surface area (TPSA) is 56.1 Å². The molecule has 5 nitrogen and oxygen atoms in total. The Hall–Kier alpha value is -2.63. The molecule has 0 radical (unpaired) electrons. The van der Waals surface area contributed by atoms with Gasteiger partial charge in [0.15, 0.2) is 5.69 Å². The van der Waals surface area contributed by atoms with Crippen LogP contribution in [0.1, 0.15) is 49.3 Å². The van der Waals surface area contributed by atoms with Gasteiger partial charge in [0.2, 0.25) is 0 Å². The van der Waals surface area contributed by atoms with Gasteiger partial charge in [-0.2, -0.15) is 5.10 Å². The Bertz CT molecular complexity index is 974. The van der Waals surface area contributed by atoms with E-state index < -0.39 is 5.97 Å². The molecule has 0 bridgehead atoms. The van der Waals surface area contributed by atoms with Crippen molar-refractivity contribution in [3.05, 3.63) is 71.4 Å². The van der Waals surface area contributed by atoms with E-state index in [-0.39, 0.29) is 17.9 Å². The molecule has 0 spiro atoms. The summed E-state index contributed by atoms with van der Waals surface area (Å²) < 4.78 is 7.16. The predicted molar refractivity (Wildman–Crippen MR) is 124 cm³/mol. The minimum atomic E-state index is -0.402. The van der Waals surface area contributed by atoms with Gasteiger partial charge >= 0.3 is 5.97 Å². The summed E-state index contributed by atoms with van der Waals surface area (Å²) >= 11 is 0. The first-order chi connectivity index (χ1) is 13.8. The molecule has 3 rings (SSSR count). The van der Waals surface area contributed by atoms with Crippen molar-refractivity contribution in [2.75, 3.05) is 6.61 Å². The van der Waals surface area contributed by atoms with Crippen LogP contribution in [-0.2, 0) is 11.3 Å². The first-order valence-electron chi connectivity index (χ1n) is 9.96. The predicted octanol–water partition coefficient (Wildman–Crippen LogP) is 5.33. The molecule has 0 fully saturated rings. The summed E-state index contributed by atoms with van der Waals surface area (Å²) in [5.74, 6) is -0.402. The smallest absolute Gasteiger partial charge is 0.359 e. The molecule has 1 aromatic heterocycles. The highest BCUT2D eigenvalue weighted by Crippen LogP contribution is 2.30. The molecule has 6 heteroatoms. The van der Waals surface area contributed by atoms with Gasteiger partial charge < -0.3 is 10.1 Å². The number of carbonyl (C=O) groups is 1. The zero-order valence-electron chi connectivity index (χ0n) is 18.2. The number of ether oxygens (including phenoxy) is 1. The first kappa shape index (κ1) is 23.6. The third kappa shape index (κ3) is 5.49. The molecule has 3 aromatic rings. The normalized spacial score (nSPS) is 11.1. The van der Waals surface area contributed by atoms with E-state index in [0.717, 1.165) is 22.5 Å². The number of nitrogens with one attached hydrogen (secondary N) is 1. The first-order valence-corrected chi connectivity index (χ1v) is 9.96. The number of benzene rings is 2.